The van der Waals surface area contributed by atoms with Crippen LogP contribution in [-0.2, 0) is 0 Å². The minimum Gasteiger partial charge on any atom is -0.496 e. The quantitative estimate of drug-likeness (QED) is 0.875. The second kappa shape index (κ2) is 5.06. The summed E-state index contributed by atoms with van der Waals surface area (Å²) < 4.78 is 5.93. The Hall–Kier alpha value is -2.19. The SMILES string of the molecule is COc1ccc(C#N)cc1-c1cc(=S)nc(C2CC2)[nH]1. The summed E-state index contributed by atoms with van der Waals surface area (Å²) >= 11 is 5.24. The van der Waals surface area contributed by atoms with E-state index in [1.165, 1.54) is 0 Å². The van der Waals surface area contributed by atoms with E-state index >= 15 is 0 Å². The van der Waals surface area contributed by atoms with Crippen molar-refractivity contribution in [1.29, 1.82) is 5.26 Å². The Labute approximate surface area is 122 Å². The number of benzene rings is 1. The molecule has 1 aliphatic carbocycles. The van der Waals surface area contributed by atoms with Gasteiger partial charge in [0.05, 0.1) is 24.4 Å². The summed E-state index contributed by atoms with van der Waals surface area (Å²) in [5.41, 5.74) is 2.27. The molecule has 2 aromatic rings. The average Bonchev–Trinajstić information content (AvgIpc) is 3.30. The van der Waals surface area contributed by atoms with E-state index in [9.17, 15) is 0 Å². The zero-order valence-corrected chi connectivity index (χ0v) is 11.8. The normalized spacial score (nSPS) is 13.8. The largest absolute Gasteiger partial charge is 0.496 e. The Morgan fingerprint density at radius 1 is 1.40 bits per heavy atom. The first-order valence-corrected chi connectivity index (χ1v) is 6.82. The maximum Gasteiger partial charge on any atom is 0.130 e. The van der Waals surface area contributed by atoms with Gasteiger partial charge in [-0.25, -0.2) is 4.98 Å². The molecule has 0 atom stereocenters. The van der Waals surface area contributed by atoms with Crippen molar-refractivity contribution in [3.05, 3.63) is 40.3 Å². The van der Waals surface area contributed by atoms with Gasteiger partial charge in [-0.1, -0.05) is 12.2 Å². The van der Waals surface area contributed by atoms with Crippen LogP contribution in [0, 0.1) is 16.0 Å². The maximum absolute atomic E-state index is 9.05. The van der Waals surface area contributed by atoms with Crippen LogP contribution in [-0.4, -0.2) is 17.1 Å². The first-order valence-electron chi connectivity index (χ1n) is 6.41. The van der Waals surface area contributed by atoms with Crippen LogP contribution in [0.1, 0.15) is 30.1 Å². The van der Waals surface area contributed by atoms with Crippen molar-refractivity contribution < 1.29 is 4.74 Å². The lowest BCUT2D eigenvalue weighted by Gasteiger charge is -2.10. The van der Waals surface area contributed by atoms with Gasteiger partial charge in [-0.05, 0) is 37.1 Å². The minimum atomic E-state index is 0.488. The number of hydrogen-bond acceptors (Lipinski definition) is 4. The van der Waals surface area contributed by atoms with Crippen molar-refractivity contribution in [2.75, 3.05) is 7.11 Å². The molecule has 0 amide bonds. The van der Waals surface area contributed by atoms with Crippen LogP contribution in [0.5, 0.6) is 5.75 Å². The monoisotopic (exact) mass is 283 g/mol. The summed E-state index contributed by atoms with van der Waals surface area (Å²) in [4.78, 5) is 7.70. The van der Waals surface area contributed by atoms with E-state index in [0.29, 0.717) is 21.9 Å². The number of nitriles is 1. The molecule has 0 bridgehead atoms. The lowest BCUT2D eigenvalue weighted by molar-refractivity contribution is 0.416. The molecule has 0 spiro atoms. The Kier molecular flexibility index (Phi) is 3.25. The van der Waals surface area contributed by atoms with Gasteiger partial charge in [-0.3, -0.25) is 0 Å². The molecular formula is C15H13N3OS. The molecule has 100 valence electrons. The fraction of sp³-hybridized carbons (Fsp3) is 0.267. The van der Waals surface area contributed by atoms with Crippen molar-refractivity contribution in [2.24, 2.45) is 0 Å². The summed E-state index contributed by atoms with van der Waals surface area (Å²) in [5, 5.41) is 9.05. The van der Waals surface area contributed by atoms with Gasteiger partial charge < -0.3 is 9.72 Å². The third-order valence-corrected chi connectivity index (χ3v) is 3.55. The predicted molar refractivity (Wildman–Crippen MR) is 78.1 cm³/mol. The number of aromatic nitrogens is 2. The van der Waals surface area contributed by atoms with Crippen LogP contribution < -0.4 is 4.74 Å². The maximum atomic E-state index is 9.05. The third-order valence-electron chi connectivity index (χ3n) is 3.34. The van der Waals surface area contributed by atoms with Gasteiger partial charge in [0.2, 0.25) is 0 Å². The molecule has 3 rings (SSSR count). The van der Waals surface area contributed by atoms with Crippen LogP contribution in [0.3, 0.4) is 0 Å². The highest BCUT2D eigenvalue weighted by molar-refractivity contribution is 7.71. The molecule has 4 nitrogen and oxygen atoms in total. The fourth-order valence-electron chi connectivity index (χ4n) is 2.16. The predicted octanol–water partition coefficient (Wildman–Crippen LogP) is 3.56. The summed E-state index contributed by atoms with van der Waals surface area (Å²) in [7, 11) is 1.61. The minimum absolute atomic E-state index is 0.488. The summed E-state index contributed by atoms with van der Waals surface area (Å²) in [5.74, 6) is 2.13. The van der Waals surface area contributed by atoms with E-state index < -0.39 is 0 Å². The van der Waals surface area contributed by atoms with Crippen LogP contribution >= 0.6 is 12.2 Å². The van der Waals surface area contributed by atoms with Gasteiger partial charge in [0.1, 0.15) is 16.2 Å². The first kappa shape index (κ1) is 12.8. The number of ether oxygens (including phenoxy) is 1. The molecule has 1 heterocycles. The Morgan fingerprint density at radius 3 is 2.85 bits per heavy atom. The van der Waals surface area contributed by atoms with E-state index in [0.717, 1.165) is 29.9 Å². The second-order valence-electron chi connectivity index (χ2n) is 4.82. The number of rotatable bonds is 3. The Bertz CT molecular complexity index is 756. The van der Waals surface area contributed by atoms with Crippen LogP contribution in [0.25, 0.3) is 11.3 Å². The summed E-state index contributed by atoms with van der Waals surface area (Å²) in [6.07, 6.45) is 2.30. The van der Waals surface area contributed by atoms with Crippen molar-refractivity contribution in [3.63, 3.8) is 0 Å². The molecule has 0 unspecified atom stereocenters. The Balaban J connectivity index is 2.17. The average molecular weight is 283 g/mol. The second-order valence-corrected chi connectivity index (χ2v) is 5.24. The van der Waals surface area contributed by atoms with Gasteiger partial charge in [0.15, 0.2) is 0 Å². The van der Waals surface area contributed by atoms with Crippen molar-refractivity contribution >= 4 is 12.2 Å². The van der Waals surface area contributed by atoms with Gasteiger partial charge in [0.25, 0.3) is 0 Å². The molecule has 1 aromatic carbocycles. The topological polar surface area (TPSA) is 61.7 Å². The molecule has 0 saturated heterocycles. The fourth-order valence-corrected chi connectivity index (χ4v) is 2.38. The van der Waals surface area contributed by atoms with Gasteiger partial charge >= 0.3 is 0 Å². The zero-order chi connectivity index (χ0) is 14.1. The molecule has 20 heavy (non-hydrogen) atoms. The highest BCUT2D eigenvalue weighted by Gasteiger charge is 2.26. The number of methoxy groups -OCH3 is 1. The first-order chi connectivity index (χ1) is 9.71. The molecule has 0 radical (unpaired) electrons. The highest BCUT2D eigenvalue weighted by Crippen LogP contribution is 2.39. The number of aromatic amines is 1. The molecule has 1 aliphatic rings. The van der Waals surface area contributed by atoms with E-state index in [1.54, 1.807) is 31.4 Å². The van der Waals surface area contributed by atoms with E-state index in [2.05, 4.69) is 16.0 Å². The number of H-pyrrole nitrogens is 1. The number of nitrogens with one attached hydrogen (secondary N) is 1. The number of nitrogens with zero attached hydrogens (tertiary/aromatic N) is 2. The smallest absolute Gasteiger partial charge is 0.130 e. The Morgan fingerprint density at radius 2 is 2.20 bits per heavy atom. The van der Waals surface area contributed by atoms with Gasteiger partial charge in [-0.2, -0.15) is 5.26 Å². The molecule has 0 aliphatic heterocycles. The van der Waals surface area contributed by atoms with Gasteiger partial charge in [-0.15, -0.1) is 0 Å². The van der Waals surface area contributed by atoms with E-state index in [1.807, 2.05) is 0 Å². The van der Waals surface area contributed by atoms with Crippen LogP contribution in [0.4, 0.5) is 0 Å². The standard InChI is InChI=1S/C15H13N3OS/c1-19-13-5-2-9(8-16)6-11(13)12-7-14(20)18-15(17-12)10-3-4-10/h2,5-7,10H,3-4H2,1H3,(H,17,18,20). The zero-order valence-electron chi connectivity index (χ0n) is 11.0. The van der Waals surface area contributed by atoms with Crippen LogP contribution in [0.2, 0.25) is 0 Å². The third kappa shape index (κ3) is 2.43. The van der Waals surface area contributed by atoms with E-state index in [-0.39, 0.29) is 0 Å². The molecule has 5 heteroatoms. The van der Waals surface area contributed by atoms with E-state index in [4.69, 9.17) is 22.2 Å². The summed E-state index contributed by atoms with van der Waals surface area (Å²) in [6.45, 7) is 0. The van der Waals surface area contributed by atoms with Crippen molar-refractivity contribution in [2.45, 2.75) is 18.8 Å². The van der Waals surface area contributed by atoms with Crippen LogP contribution in [0.15, 0.2) is 24.3 Å². The molecule has 1 N–H and O–H groups in total. The lowest BCUT2D eigenvalue weighted by Crippen LogP contribution is -1.97. The molecule has 1 aromatic heterocycles. The lowest BCUT2D eigenvalue weighted by atomic mass is 10.1. The number of hydrogen-bond donors (Lipinski definition) is 1. The molecule has 1 fully saturated rings. The van der Waals surface area contributed by atoms with Gasteiger partial charge in [0, 0.05) is 11.5 Å². The highest BCUT2D eigenvalue weighted by atomic mass is 32.1. The van der Waals surface area contributed by atoms with Crippen molar-refractivity contribution in [3.8, 4) is 23.1 Å². The molecule has 1 saturated carbocycles. The molecular weight excluding hydrogens is 270 g/mol. The van der Waals surface area contributed by atoms with Crippen molar-refractivity contribution in [1.82, 2.24) is 9.97 Å². The summed E-state index contributed by atoms with van der Waals surface area (Å²) in [6, 6.07) is 9.28.